The molecule has 3 rings (SSSR count). The fraction of sp³-hybridized carbons (Fsp3) is 0.176. The van der Waals surface area contributed by atoms with Crippen molar-refractivity contribution in [2.45, 2.75) is 13.5 Å². The molecule has 0 saturated heterocycles. The number of H-pyrrole nitrogens is 1. The van der Waals surface area contributed by atoms with Crippen molar-refractivity contribution >= 4 is 22.5 Å². The van der Waals surface area contributed by atoms with Gasteiger partial charge in [-0.25, -0.2) is 0 Å². The van der Waals surface area contributed by atoms with E-state index in [-0.39, 0.29) is 5.91 Å². The summed E-state index contributed by atoms with van der Waals surface area (Å²) in [5, 5.41) is 14.1. The Hall–Kier alpha value is -2.66. The fourth-order valence-corrected chi connectivity index (χ4v) is 2.37. The minimum absolute atomic E-state index is 0.207. The summed E-state index contributed by atoms with van der Waals surface area (Å²) >= 11 is 0. The molecular formula is C17H18N4O. The summed E-state index contributed by atoms with van der Waals surface area (Å²) in [5.74, 6) is -0.207. The molecule has 0 aliphatic carbocycles. The molecule has 0 saturated carbocycles. The highest BCUT2D eigenvalue weighted by Gasteiger charge is 2.15. The topological polar surface area (TPSA) is 69.8 Å². The highest BCUT2D eigenvalue weighted by atomic mass is 16.1. The standard InChI is InChI=1S/C17H18N4O/c1-2-18-11-12-7-3-5-9-14(12)19-17(22)16-13-8-4-6-10-15(13)20-21-16/h3-10,18H,2,11H2,1H3,(H,19,22)(H,20,21). The van der Waals surface area contributed by atoms with Gasteiger partial charge in [-0.2, -0.15) is 5.10 Å². The van der Waals surface area contributed by atoms with Crippen LogP contribution in [0, 0.1) is 0 Å². The van der Waals surface area contributed by atoms with E-state index in [0.29, 0.717) is 12.2 Å². The normalized spacial score (nSPS) is 10.8. The number of aromatic amines is 1. The number of aromatic nitrogens is 2. The van der Waals surface area contributed by atoms with Gasteiger partial charge in [-0.05, 0) is 24.2 Å². The molecular weight excluding hydrogens is 276 g/mol. The molecule has 0 aliphatic rings. The van der Waals surface area contributed by atoms with Crippen molar-refractivity contribution < 1.29 is 4.79 Å². The van der Waals surface area contributed by atoms with Crippen LogP contribution in [0.1, 0.15) is 23.0 Å². The Morgan fingerprint density at radius 3 is 2.77 bits per heavy atom. The van der Waals surface area contributed by atoms with E-state index in [0.717, 1.165) is 28.7 Å². The van der Waals surface area contributed by atoms with Crippen LogP contribution in [-0.4, -0.2) is 22.6 Å². The molecule has 0 atom stereocenters. The van der Waals surface area contributed by atoms with Gasteiger partial charge in [0.2, 0.25) is 0 Å². The number of hydrogen-bond acceptors (Lipinski definition) is 3. The van der Waals surface area contributed by atoms with Crippen LogP contribution in [-0.2, 0) is 6.54 Å². The van der Waals surface area contributed by atoms with Crippen molar-refractivity contribution in [2.75, 3.05) is 11.9 Å². The summed E-state index contributed by atoms with van der Waals surface area (Å²) in [6, 6.07) is 15.4. The van der Waals surface area contributed by atoms with Crippen LogP contribution >= 0.6 is 0 Å². The fourth-order valence-electron chi connectivity index (χ4n) is 2.37. The molecule has 3 N–H and O–H groups in total. The molecule has 0 aliphatic heterocycles. The summed E-state index contributed by atoms with van der Waals surface area (Å²) in [6.07, 6.45) is 0. The van der Waals surface area contributed by atoms with E-state index in [1.165, 1.54) is 0 Å². The summed E-state index contributed by atoms with van der Waals surface area (Å²) in [7, 11) is 0. The first-order valence-corrected chi connectivity index (χ1v) is 7.32. The second kappa shape index (κ2) is 6.41. The quantitative estimate of drug-likeness (QED) is 0.677. The SMILES string of the molecule is CCNCc1ccccc1NC(=O)c1n[nH]c2ccccc12. The average Bonchev–Trinajstić information content (AvgIpc) is 2.98. The first kappa shape index (κ1) is 14.3. The zero-order chi connectivity index (χ0) is 15.4. The Kier molecular flexibility index (Phi) is 4.16. The molecule has 5 nitrogen and oxygen atoms in total. The zero-order valence-electron chi connectivity index (χ0n) is 12.4. The predicted octanol–water partition coefficient (Wildman–Crippen LogP) is 2.92. The Bertz CT molecular complexity index is 794. The number of amides is 1. The lowest BCUT2D eigenvalue weighted by molar-refractivity contribution is 0.102. The zero-order valence-corrected chi connectivity index (χ0v) is 12.4. The Labute approximate surface area is 128 Å². The van der Waals surface area contributed by atoms with Crippen molar-refractivity contribution in [3.8, 4) is 0 Å². The van der Waals surface area contributed by atoms with Gasteiger partial charge in [0, 0.05) is 17.6 Å². The minimum atomic E-state index is -0.207. The third-order valence-electron chi connectivity index (χ3n) is 3.52. The van der Waals surface area contributed by atoms with Crippen molar-refractivity contribution in [3.63, 3.8) is 0 Å². The van der Waals surface area contributed by atoms with Crippen LogP contribution in [0.25, 0.3) is 10.9 Å². The number of fused-ring (bicyclic) bond motifs is 1. The molecule has 0 radical (unpaired) electrons. The van der Waals surface area contributed by atoms with Crippen molar-refractivity contribution in [1.82, 2.24) is 15.5 Å². The molecule has 22 heavy (non-hydrogen) atoms. The molecule has 3 aromatic rings. The van der Waals surface area contributed by atoms with Gasteiger partial charge in [0.1, 0.15) is 0 Å². The molecule has 112 valence electrons. The number of anilines is 1. The van der Waals surface area contributed by atoms with E-state index in [1.807, 2.05) is 48.5 Å². The number of nitrogens with zero attached hydrogens (tertiary/aromatic N) is 1. The van der Waals surface area contributed by atoms with Gasteiger partial charge in [0.15, 0.2) is 5.69 Å². The molecule has 5 heteroatoms. The lowest BCUT2D eigenvalue weighted by Gasteiger charge is -2.10. The summed E-state index contributed by atoms with van der Waals surface area (Å²) in [6.45, 7) is 3.65. The van der Waals surface area contributed by atoms with Gasteiger partial charge >= 0.3 is 0 Å². The molecule has 2 aromatic carbocycles. The maximum absolute atomic E-state index is 12.5. The Morgan fingerprint density at radius 1 is 1.14 bits per heavy atom. The number of carbonyl (C=O) groups excluding carboxylic acids is 1. The molecule has 0 fully saturated rings. The highest BCUT2D eigenvalue weighted by molar-refractivity contribution is 6.11. The molecule has 1 aromatic heterocycles. The third kappa shape index (κ3) is 2.84. The second-order valence-corrected chi connectivity index (χ2v) is 5.01. The third-order valence-corrected chi connectivity index (χ3v) is 3.52. The number of nitrogens with one attached hydrogen (secondary N) is 3. The van der Waals surface area contributed by atoms with Gasteiger partial charge in [-0.3, -0.25) is 9.89 Å². The first-order chi connectivity index (χ1) is 10.8. The minimum Gasteiger partial charge on any atom is -0.320 e. The maximum atomic E-state index is 12.5. The predicted molar refractivity (Wildman–Crippen MR) is 87.9 cm³/mol. The van der Waals surface area contributed by atoms with Crippen molar-refractivity contribution in [2.24, 2.45) is 0 Å². The number of benzene rings is 2. The molecule has 0 bridgehead atoms. The lowest BCUT2D eigenvalue weighted by atomic mass is 10.1. The van der Waals surface area contributed by atoms with E-state index in [9.17, 15) is 4.79 Å². The molecule has 1 heterocycles. The number of hydrogen-bond donors (Lipinski definition) is 3. The van der Waals surface area contributed by atoms with Crippen LogP contribution in [0.3, 0.4) is 0 Å². The highest BCUT2D eigenvalue weighted by Crippen LogP contribution is 2.19. The van der Waals surface area contributed by atoms with E-state index in [1.54, 1.807) is 0 Å². The average molecular weight is 294 g/mol. The van der Waals surface area contributed by atoms with Gasteiger partial charge in [-0.15, -0.1) is 0 Å². The summed E-state index contributed by atoms with van der Waals surface area (Å²) < 4.78 is 0. The van der Waals surface area contributed by atoms with Crippen LogP contribution in [0.4, 0.5) is 5.69 Å². The number of carbonyl (C=O) groups is 1. The summed E-state index contributed by atoms with van der Waals surface area (Å²) in [5.41, 5.74) is 3.13. The maximum Gasteiger partial charge on any atom is 0.276 e. The molecule has 0 spiro atoms. The van der Waals surface area contributed by atoms with Crippen molar-refractivity contribution in [1.29, 1.82) is 0 Å². The van der Waals surface area contributed by atoms with E-state index in [4.69, 9.17) is 0 Å². The first-order valence-electron chi connectivity index (χ1n) is 7.32. The van der Waals surface area contributed by atoms with Gasteiger partial charge < -0.3 is 10.6 Å². The van der Waals surface area contributed by atoms with Crippen LogP contribution in [0.2, 0.25) is 0 Å². The Balaban J connectivity index is 1.85. The van der Waals surface area contributed by atoms with Crippen LogP contribution in [0.5, 0.6) is 0 Å². The molecule has 0 unspecified atom stereocenters. The van der Waals surface area contributed by atoms with Gasteiger partial charge in [-0.1, -0.05) is 43.3 Å². The Morgan fingerprint density at radius 2 is 1.91 bits per heavy atom. The van der Waals surface area contributed by atoms with Crippen LogP contribution in [0.15, 0.2) is 48.5 Å². The van der Waals surface area contributed by atoms with Gasteiger partial charge in [0.25, 0.3) is 5.91 Å². The van der Waals surface area contributed by atoms with Crippen LogP contribution < -0.4 is 10.6 Å². The lowest BCUT2D eigenvalue weighted by Crippen LogP contribution is -2.17. The van der Waals surface area contributed by atoms with Crippen molar-refractivity contribution in [3.05, 3.63) is 59.8 Å². The van der Waals surface area contributed by atoms with E-state index < -0.39 is 0 Å². The van der Waals surface area contributed by atoms with E-state index in [2.05, 4.69) is 27.8 Å². The molecule has 1 amide bonds. The second-order valence-electron chi connectivity index (χ2n) is 5.01. The summed E-state index contributed by atoms with van der Waals surface area (Å²) in [4.78, 5) is 12.5. The van der Waals surface area contributed by atoms with E-state index >= 15 is 0 Å². The smallest absolute Gasteiger partial charge is 0.276 e. The number of rotatable bonds is 5. The largest absolute Gasteiger partial charge is 0.320 e. The monoisotopic (exact) mass is 294 g/mol. The van der Waals surface area contributed by atoms with Gasteiger partial charge in [0.05, 0.1) is 5.52 Å². The number of para-hydroxylation sites is 2.